The van der Waals surface area contributed by atoms with E-state index >= 15 is 0 Å². The average molecular weight is 440 g/mol. The van der Waals surface area contributed by atoms with Crippen LogP contribution in [-0.2, 0) is 4.74 Å². The molecule has 2 aliphatic heterocycles. The highest BCUT2D eigenvalue weighted by Gasteiger charge is 2.41. The zero-order valence-electron chi connectivity index (χ0n) is 18.2. The molecular formula is C24H33N5OS. The fourth-order valence-electron chi connectivity index (χ4n) is 5.43. The van der Waals surface area contributed by atoms with Crippen LogP contribution in [0.15, 0.2) is 42.7 Å². The number of pyridine rings is 1. The summed E-state index contributed by atoms with van der Waals surface area (Å²) in [5.74, 6) is 0. The third-order valence-corrected chi connectivity index (χ3v) is 7.36. The van der Waals surface area contributed by atoms with Gasteiger partial charge in [0.2, 0.25) is 0 Å². The molecule has 2 aromatic rings. The van der Waals surface area contributed by atoms with Crippen LogP contribution in [0.5, 0.6) is 0 Å². The van der Waals surface area contributed by atoms with Gasteiger partial charge in [0.1, 0.15) is 0 Å². The summed E-state index contributed by atoms with van der Waals surface area (Å²) < 4.78 is 8.02. The molecule has 166 valence electrons. The second-order valence-corrected chi connectivity index (χ2v) is 9.29. The van der Waals surface area contributed by atoms with Crippen molar-refractivity contribution in [1.82, 2.24) is 24.7 Å². The maximum absolute atomic E-state index is 5.86. The Hall–Kier alpha value is -1.96. The van der Waals surface area contributed by atoms with Crippen LogP contribution < -0.4 is 5.32 Å². The van der Waals surface area contributed by atoms with Gasteiger partial charge >= 0.3 is 0 Å². The van der Waals surface area contributed by atoms with Crippen LogP contribution >= 0.6 is 12.2 Å². The van der Waals surface area contributed by atoms with E-state index in [1.165, 1.54) is 31.4 Å². The third kappa shape index (κ3) is 4.49. The summed E-state index contributed by atoms with van der Waals surface area (Å²) in [5, 5.41) is 4.46. The Labute approximate surface area is 190 Å². The molecule has 0 amide bonds. The first-order valence-corrected chi connectivity index (χ1v) is 12.2. The maximum Gasteiger partial charge on any atom is 0.170 e. The van der Waals surface area contributed by atoms with E-state index in [2.05, 4.69) is 50.1 Å². The molecule has 1 aliphatic carbocycles. The van der Waals surface area contributed by atoms with E-state index in [0.29, 0.717) is 6.04 Å². The lowest BCUT2D eigenvalue weighted by atomic mass is 10.0. The Morgan fingerprint density at radius 1 is 1.06 bits per heavy atom. The topological polar surface area (TPSA) is 45.6 Å². The van der Waals surface area contributed by atoms with E-state index in [0.717, 1.165) is 56.6 Å². The smallest absolute Gasteiger partial charge is 0.170 e. The zero-order valence-corrected chi connectivity index (χ0v) is 19.0. The Bertz CT molecular complexity index is 860. The van der Waals surface area contributed by atoms with Crippen molar-refractivity contribution in [3.63, 3.8) is 0 Å². The molecule has 1 N–H and O–H groups in total. The number of rotatable bonds is 7. The number of morpholine rings is 1. The first-order valence-electron chi connectivity index (χ1n) is 11.8. The third-order valence-electron chi connectivity index (χ3n) is 7.01. The molecule has 3 fully saturated rings. The Morgan fingerprint density at radius 2 is 1.90 bits per heavy atom. The fourth-order valence-corrected chi connectivity index (χ4v) is 5.76. The van der Waals surface area contributed by atoms with Crippen LogP contribution in [0.4, 0.5) is 0 Å². The highest BCUT2D eigenvalue weighted by molar-refractivity contribution is 7.80. The molecule has 3 aliphatic rings. The van der Waals surface area contributed by atoms with Gasteiger partial charge in [0.05, 0.1) is 31.0 Å². The standard InChI is InChI=1S/C24H33N5OS/c31-24-26-22(20-9-3-4-11-25-20)23(21-10-5-13-28(21)19-7-1-2-8-19)29(24)14-6-12-27-15-17-30-18-16-27/h3-5,9-11,13,19,22-23H,1-2,6-8,12,14-18H2,(H,26,31)/t22-,23-/m1/s1. The molecule has 0 radical (unpaired) electrons. The average Bonchev–Trinajstić information content (AvgIpc) is 3.55. The van der Waals surface area contributed by atoms with Gasteiger partial charge in [-0.2, -0.15) is 0 Å². The molecule has 0 bridgehead atoms. The lowest BCUT2D eigenvalue weighted by Gasteiger charge is -2.31. The van der Waals surface area contributed by atoms with Crippen molar-refractivity contribution in [2.24, 2.45) is 0 Å². The molecule has 6 nitrogen and oxygen atoms in total. The summed E-state index contributed by atoms with van der Waals surface area (Å²) in [6.45, 7) is 5.81. The highest BCUT2D eigenvalue weighted by Crippen LogP contribution is 2.41. The molecule has 1 saturated carbocycles. The number of ether oxygens (including phenoxy) is 1. The van der Waals surface area contributed by atoms with Gasteiger partial charge in [-0.3, -0.25) is 9.88 Å². The summed E-state index contributed by atoms with van der Waals surface area (Å²) in [6.07, 6.45) is 10.5. The Kier molecular flexibility index (Phi) is 6.53. The van der Waals surface area contributed by atoms with Gasteiger partial charge in [0.15, 0.2) is 5.11 Å². The van der Waals surface area contributed by atoms with Gasteiger partial charge in [0.25, 0.3) is 0 Å². The predicted molar refractivity (Wildman–Crippen MR) is 126 cm³/mol. The van der Waals surface area contributed by atoms with Crippen molar-refractivity contribution in [3.8, 4) is 0 Å². The molecule has 0 spiro atoms. The molecule has 31 heavy (non-hydrogen) atoms. The quantitative estimate of drug-likeness (QED) is 0.664. The van der Waals surface area contributed by atoms with E-state index in [1.54, 1.807) is 0 Å². The second kappa shape index (κ2) is 9.67. The number of hydrogen-bond donors (Lipinski definition) is 1. The lowest BCUT2D eigenvalue weighted by molar-refractivity contribution is 0.0365. The normalized spacial score (nSPS) is 25.3. The molecule has 7 heteroatoms. The summed E-state index contributed by atoms with van der Waals surface area (Å²) in [7, 11) is 0. The van der Waals surface area contributed by atoms with Crippen molar-refractivity contribution < 1.29 is 4.74 Å². The number of thiocarbonyl (C=S) groups is 1. The monoisotopic (exact) mass is 439 g/mol. The van der Waals surface area contributed by atoms with Crippen LogP contribution in [0.1, 0.15) is 61.6 Å². The van der Waals surface area contributed by atoms with Crippen LogP contribution in [-0.4, -0.2) is 63.9 Å². The van der Waals surface area contributed by atoms with Crippen molar-refractivity contribution in [1.29, 1.82) is 0 Å². The van der Waals surface area contributed by atoms with Gasteiger partial charge in [0, 0.05) is 50.3 Å². The first-order chi connectivity index (χ1) is 15.3. The van der Waals surface area contributed by atoms with Gasteiger partial charge in [-0.1, -0.05) is 18.9 Å². The molecular weight excluding hydrogens is 406 g/mol. The van der Waals surface area contributed by atoms with E-state index in [-0.39, 0.29) is 12.1 Å². The van der Waals surface area contributed by atoms with E-state index in [9.17, 15) is 0 Å². The van der Waals surface area contributed by atoms with Crippen LogP contribution in [0.3, 0.4) is 0 Å². The van der Waals surface area contributed by atoms with Gasteiger partial charge < -0.3 is 19.5 Å². The van der Waals surface area contributed by atoms with E-state index in [1.807, 2.05) is 12.3 Å². The second-order valence-electron chi connectivity index (χ2n) is 8.91. The van der Waals surface area contributed by atoms with Crippen molar-refractivity contribution in [3.05, 3.63) is 54.1 Å². The molecule has 2 atom stereocenters. The predicted octanol–water partition coefficient (Wildman–Crippen LogP) is 3.69. The molecule has 5 rings (SSSR count). The minimum atomic E-state index is 0.0761. The maximum atomic E-state index is 5.86. The number of hydrogen-bond acceptors (Lipinski definition) is 4. The molecule has 0 aromatic carbocycles. The number of nitrogens with one attached hydrogen (secondary N) is 1. The van der Waals surface area contributed by atoms with Gasteiger partial charge in [-0.05, 0) is 55.7 Å². The molecule has 0 unspecified atom stereocenters. The molecule has 2 aromatic heterocycles. The van der Waals surface area contributed by atoms with Gasteiger partial charge in [-0.15, -0.1) is 0 Å². The SMILES string of the molecule is S=C1N[C@H](c2ccccn2)[C@@H](c2cccn2C2CCCC2)N1CCCN1CCOCC1. The summed E-state index contributed by atoms with van der Waals surface area (Å²) in [6, 6.07) is 11.5. The van der Waals surface area contributed by atoms with Crippen molar-refractivity contribution >= 4 is 17.3 Å². The first kappa shape index (κ1) is 20.9. The summed E-state index contributed by atoms with van der Waals surface area (Å²) >= 11 is 5.86. The summed E-state index contributed by atoms with van der Waals surface area (Å²) in [5.41, 5.74) is 2.42. The molecule has 2 saturated heterocycles. The number of nitrogens with zero attached hydrogens (tertiary/aromatic N) is 4. The van der Waals surface area contributed by atoms with Crippen LogP contribution in [0.25, 0.3) is 0 Å². The van der Waals surface area contributed by atoms with Crippen molar-refractivity contribution in [2.75, 3.05) is 39.4 Å². The molecule has 4 heterocycles. The zero-order chi connectivity index (χ0) is 21.0. The minimum Gasteiger partial charge on any atom is -0.379 e. The van der Waals surface area contributed by atoms with Gasteiger partial charge in [-0.25, -0.2) is 0 Å². The highest BCUT2D eigenvalue weighted by atomic mass is 32.1. The fraction of sp³-hybridized carbons (Fsp3) is 0.583. The van der Waals surface area contributed by atoms with E-state index < -0.39 is 0 Å². The minimum absolute atomic E-state index is 0.0761. The van der Waals surface area contributed by atoms with Crippen LogP contribution in [0, 0.1) is 0 Å². The Balaban J connectivity index is 1.39. The Morgan fingerprint density at radius 3 is 2.68 bits per heavy atom. The summed E-state index contributed by atoms with van der Waals surface area (Å²) in [4.78, 5) is 9.61. The number of aromatic nitrogens is 2. The largest absolute Gasteiger partial charge is 0.379 e. The van der Waals surface area contributed by atoms with Crippen molar-refractivity contribution in [2.45, 2.75) is 50.2 Å². The van der Waals surface area contributed by atoms with E-state index in [4.69, 9.17) is 21.9 Å². The lowest BCUT2D eigenvalue weighted by Crippen LogP contribution is -2.39. The van der Waals surface area contributed by atoms with Crippen LogP contribution in [0.2, 0.25) is 0 Å².